The average molecular weight is 633 g/mol. The van der Waals surface area contributed by atoms with Gasteiger partial charge in [0, 0.05) is 26.8 Å². The van der Waals surface area contributed by atoms with Crippen LogP contribution in [0, 0.1) is 14.1 Å². The fraction of sp³-hybridized carbons (Fsp3) is 0.538. The van der Waals surface area contributed by atoms with Gasteiger partial charge in [-0.2, -0.15) is 0 Å². The highest BCUT2D eigenvalue weighted by Crippen LogP contribution is 2.26. The lowest BCUT2D eigenvalue weighted by Crippen LogP contribution is -2.35. The first-order valence-electron chi connectivity index (χ1n) is 10.7. The molecule has 2 aromatic carbocycles. The van der Waals surface area contributed by atoms with E-state index in [0.29, 0.717) is 0 Å². The standard InChI is InChI=1S/C15H22INO.C11H15I/c1-15(2,3)13-8-12(9-14(16)10-13)11-17-4-6-18-7-5-17;1-8-5-9(11(2,3)4)7-10(12)6-8/h8-10H,4-7,11H2,1-3H3;5-7H,1-4H3. The Bertz CT molecular complexity index is 808. The minimum atomic E-state index is 0.223. The second kappa shape index (κ2) is 11.1. The van der Waals surface area contributed by atoms with Crippen molar-refractivity contribution in [3.8, 4) is 0 Å². The van der Waals surface area contributed by atoms with Crippen LogP contribution in [-0.2, 0) is 22.1 Å². The normalized spacial score (nSPS) is 15.5. The van der Waals surface area contributed by atoms with Gasteiger partial charge in [0.2, 0.25) is 0 Å². The maximum atomic E-state index is 5.40. The third kappa shape index (κ3) is 8.75. The van der Waals surface area contributed by atoms with Crippen molar-refractivity contribution in [1.82, 2.24) is 4.90 Å². The van der Waals surface area contributed by atoms with Crippen LogP contribution in [0.5, 0.6) is 0 Å². The van der Waals surface area contributed by atoms with Gasteiger partial charge >= 0.3 is 0 Å². The molecule has 0 bridgehead atoms. The van der Waals surface area contributed by atoms with Gasteiger partial charge in [-0.25, -0.2) is 0 Å². The van der Waals surface area contributed by atoms with Gasteiger partial charge in [0.1, 0.15) is 0 Å². The Kier molecular flexibility index (Phi) is 9.65. The van der Waals surface area contributed by atoms with Gasteiger partial charge in [0.15, 0.2) is 0 Å². The molecule has 166 valence electrons. The molecule has 1 saturated heterocycles. The summed E-state index contributed by atoms with van der Waals surface area (Å²) in [5.41, 5.74) is 6.12. The Hall–Kier alpha value is -0.180. The van der Waals surface area contributed by atoms with Crippen molar-refractivity contribution < 1.29 is 4.74 Å². The van der Waals surface area contributed by atoms with Crippen LogP contribution in [0.2, 0.25) is 0 Å². The molecule has 0 unspecified atom stereocenters. The minimum Gasteiger partial charge on any atom is -0.379 e. The van der Waals surface area contributed by atoms with E-state index in [9.17, 15) is 0 Å². The number of aryl methyl sites for hydroxylation is 1. The van der Waals surface area contributed by atoms with E-state index in [4.69, 9.17) is 4.74 Å². The molecule has 0 atom stereocenters. The molecule has 1 aliphatic rings. The first-order chi connectivity index (χ1) is 13.8. The smallest absolute Gasteiger partial charge is 0.0594 e. The topological polar surface area (TPSA) is 12.5 Å². The summed E-state index contributed by atoms with van der Waals surface area (Å²) >= 11 is 4.79. The number of rotatable bonds is 2. The Morgan fingerprint density at radius 2 is 1.27 bits per heavy atom. The van der Waals surface area contributed by atoms with Gasteiger partial charge in [0.05, 0.1) is 13.2 Å². The largest absolute Gasteiger partial charge is 0.379 e. The number of hydrogen-bond donors (Lipinski definition) is 0. The Labute approximate surface area is 211 Å². The van der Waals surface area contributed by atoms with E-state index >= 15 is 0 Å². The molecule has 1 fully saturated rings. The van der Waals surface area contributed by atoms with Gasteiger partial charge in [-0.1, -0.05) is 53.7 Å². The number of morpholine rings is 1. The quantitative estimate of drug-likeness (QED) is 0.322. The molecule has 0 saturated carbocycles. The summed E-state index contributed by atoms with van der Waals surface area (Å²) in [6.07, 6.45) is 0. The van der Waals surface area contributed by atoms with Gasteiger partial charge in [0.25, 0.3) is 0 Å². The van der Waals surface area contributed by atoms with Crippen LogP contribution in [0.3, 0.4) is 0 Å². The van der Waals surface area contributed by atoms with Crippen molar-refractivity contribution in [1.29, 1.82) is 0 Å². The number of nitrogens with zero attached hydrogens (tertiary/aromatic N) is 1. The maximum absolute atomic E-state index is 5.40. The Balaban J connectivity index is 0.000000232. The van der Waals surface area contributed by atoms with Gasteiger partial charge in [-0.15, -0.1) is 0 Å². The van der Waals surface area contributed by atoms with Crippen molar-refractivity contribution in [2.24, 2.45) is 0 Å². The first-order valence-corrected chi connectivity index (χ1v) is 12.9. The Morgan fingerprint density at radius 3 is 1.77 bits per heavy atom. The molecular weight excluding hydrogens is 596 g/mol. The van der Waals surface area contributed by atoms with Crippen LogP contribution < -0.4 is 0 Å². The van der Waals surface area contributed by atoms with E-state index in [0.717, 1.165) is 32.8 Å². The number of benzene rings is 2. The summed E-state index contributed by atoms with van der Waals surface area (Å²) < 4.78 is 8.06. The zero-order valence-electron chi connectivity index (χ0n) is 19.6. The van der Waals surface area contributed by atoms with E-state index in [2.05, 4.69) is 135 Å². The summed E-state index contributed by atoms with van der Waals surface area (Å²) in [6.45, 7) is 20.6. The molecular formula is C26H37I2NO. The van der Waals surface area contributed by atoms with Crippen LogP contribution in [-0.4, -0.2) is 31.2 Å². The van der Waals surface area contributed by atoms with Crippen LogP contribution in [0.4, 0.5) is 0 Å². The van der Waals surface area contributed by atoms with Gasteiger partial charge < -0.3 is 4.74 Å². The predicted molar refractivity (Wildman–Crippen MR) is 147 cm³/mol. The molecule has 0 spiro atoms. The van der Waals surface area contributed by atoms with E-state index in [-0.39, 0.29) is 10.8 Å². The third-order valence-electron chi connectivity index (χ3n) is 5.24. The highest BCUT2D eigenvalue weighted by Gasteiger charge is 2.17. The molecule has 0 amide bonds. The van der Waals surface area contributed by atoms with Crippen molar-refractivity contribution in [2.75, 3.05) is 26.3 Å². The highest BCUT2D eigenvalue weighted by atomic mass is 127. The van der Waals surface area contributed by atoms with E-state index in [1.807, 2.05) is 0 Å². The van der Waals surface area contributed by atoms with Gasteiger partial charge in [-0.3, -0.25) is 4.90 Å². The average Bonchev–Trinajstić information content (AvgIpc) is 2.60. The molecule has 3 rings (SSSR count). The van der Waals surface area contributed by atoms with Crippen LogP contribution in [0.25, 0.3) is 0 Å². The first kappa shape index (κ1) is 26.1. The molecule has 30 heavy (non-hydrogen) atoms. The highest BCUT2D eigenvalue weighted by molar-refractivity contribution is 14.1. The molecule has 2 nitrogen and oxygen atoms in total. The molecule has 2 aromatic rings. The second-order valence-electron chi connectivity index (χ2n) is 10.3. The molecule has 0 N–H and O–H groups in total. The SMILES string of the molecule is CC(C)(C)c1cc(I)cc(CN2CCOCC2)c1.Cc1cc(I)cc(C(C)(C)C)c1. The third-order valence-corrected chi connectivity index (χ3v) is 6.49. The van der Waals surface area contributed by atoms with E-state index < -0.39 is 0 Å². The van der Waals surface area contributed by atoms with Crippen LogP contribution in [0.1, 0.15) is 63.8 Å². The summed E-state index contributed by atoms with van der Waals surface area (Å²) in [7, 11) is 0. The minimum absolute atomic E-state index is 0.223. The molecule has 1 aliphatic heterocycles. The van der Waals surface area contributed by atoms with Crippen molar-refractivity contribution >= 4 is 45.2 Å². The van der Waals surface area contributed by atoms with Crippen molar-refractivity contribution in [3.63, 3.8) is 0 Å². The number of ether oxygens (including phenoxy) is 1. The van der Waals surface area contributed by atoms with Crippen molar-refractivity contribution in [2.45, 2.75) is 65.8 Å². The fourth-order valence-electron chi connectivity index (χ4n) is 3.36. The summed E-state index contributed by atoms with van der Waals surface area (Å²) in [5.74, 6) is 0. The molecule has 0 radical (unpaired) electrons. The van der Waals surface area contributed by atoms with Gasteiger partial charge in [-0.05, 0) is 109 Å². The van der Waals surface area contributed by atoms with Crippen molar-refractivity contribution in [3.05, 3.63) is 65.8 Å². The Morgan fingerprint density at radius 1 is 0.767 bits per heavy atom. The molecule has 0 aliphatic carbocycles. The summed E-state index contributed by atoms with van der Waals surface area (Å²) in [6, 6.07) is 13.7. The monoisotopic (exact) mass is 633 g/mol. The molecule has 0 aromatic heterocycles. The second-order valence-corrected chi connectivity index (χ2v) is 12.7. The fourth-order valence-corrected chi connectivity index (χ4v) is 4.92. The van der Waals surface area contributed by atoms with E-state index in [1.165, 1.54) is 29.4 Å². The van der Waals surface area contributed by atoms with Crippen LogP contribution in [0.15, 0.2) is 36.4 Å². The molecule has 1 heterocycles. The van der Waals surface area contributed by atoms with E-state index in [1.54, 1.807) is 0 Å². The molecule has 4 heteroatoms. The number of hydrogen-bond acceptors (Lipinski definition) is 2. The lowest BCUT2D eigenvalue weighted by atomic mass is 9.86. The zero-order valence-corrected chi connectivity index (χ0v) is 23.9. The lowest BCUT2D eigenvalue weighted by molar-refractivity contribution is 0.0341. The summed E-state index contributed by atoms with van der Waals surface area (Å²) in [5, 5.41) is 0. The predicted octanol–water partition coefficient (Wildman–Crippen LogP) is 7.32. The lowest BCUT2D eigenvalue weighted by Gasteiger charge is -2.27. The summed E-state index contributed by atoms with van der Waals surface area (Å²) in [4.78, 5) is 2.47. The zero-order chi connectivity index (χ0) is 22.5. The maximum Gasteiger partial charge on any atom is 0.0594 e. The number of halogens is 2. The van der Waals surface area contributed by atoms with Crippen LogP contribution >= 0.6 is 45.2 Å².